The maximum absolute atomic E-state index is 12.0. The quantitative estimate of drug-likeness (QED) is 0.302. The van der Waals surface area contributed by atoms with Gasteiger partial charge in [0.2, 0.25) is 6.29 Å². The van der Waals surface area contributed by atoms with E-state index in [1.54, 1.807) is 6.92 Å². The van der Waals surface area contributed by atoms with E-state index in [-0.39, 0.29) is 18.3 Å². The Morgan fingerprint density at radius 2 is 1.76 bits per heavy atom. The van der Waals surface area contributed by atoms with E-state index in [9.17, 15) is 14.4 Å². The summed E-state index contributed by atoms with van der Waals surface area (Å²) in [5, 5.41) is 0. The minimum absolute atomic E-state index is 0.135. The Bertz CT molecular complexity index is 851. The molecule has 0 spiro atoms. The molecule has 7 nitrogen and oxygen atoms in total. The van der Waals surface area contributed by atoms with Crippen LogP contribution in [0, 0.1) is 11.8 Å². The first kappa shape index (κ1) is 26.4. The molecule has 1 heterocycles. The van der Waals surface area contributed by atoms with Gasteiger partial charge in [-0.05, 0) is 45.1 Å². The van der Waals surface area contributed by atoms with E-state index >= 15 is 0 Å². The van der Waals surface area contributed by atoms with E-state index in [1.807, 2.05) is 0 Å². The molecular formula is C26H36O7. The van der Waals surface area contributed by atoms with Gasteiger partial charge in [-0.25, -0.2) is 0 Å². The lowest BCUT2D eigenvalue weighted by molar-refractivity contribution is -0.181. The molecule has 0 unspecified atom stereocenters. The summed E-state index contributed by atoms with van der Waals surface area (Å²) in [6.07, 6.45) is 4.97. The molecule has 0 N–H and O–H groups in total. The average Bonchev–Trinajstić information content (AvgIpc) is 2.76. The maximum Gasteiger partial charge on any atom is 0.305 e. The van der Waals surface area contributed by atoms with Crippen molar-refractivity contribution in [3.8, 4) is 0 Å². The van der Waals surface area contributed by atoms with Gasteiger partial charge >= 0.3 is 17.9 Å². The van der Waals surface area contributed by atoms with Crippen LogP contribution < -0.4 is 0 Å². The first-order valence-corrected chi connectivity index (χ1v) is 11.3. The van der Waals surface area contributed by atoms with E-state index in [4.69, 9.17) is 18.9 Å². The number of ether oxygens (including phenoxy) is 4. The van der Waals surface area contributed by atoms with Crippen LogP contribution in [0.5, 0.6) is 0 Å². The highest BCUT2D eigenvalue weighted by Gasteiger charge is 2.43. The minimum atomic E-state index is -0.800. The number of carbonyl (C=O) groups is 3. The van der Waals surface area contributed by atoms with Gasteiger partial charge < -0.3 is 18.9 Å². The monoisotopic (exact) mass is 460 g/mol. The molecular weight excluding hydrogens is 424 g/mol. The zero-order valence-electron chi connectivity index (χ0n) is 20.3. The molecule has 2 rings (SSSR count). The Hall–Kier alpha value is -2.83. The van der Waals surface area contributed by atoms with E-state index in [0.29, 0.717) is 5.57 Å². The second-order valence-electron chi connectivity index (χ2n) is 8.93. The number of allylic oxidation sites excluding steroid dienone is 2. The average molecular weight is 461 g/mol. The molecule has 0 aromatic heterocycles. The van der Waals surface area contributed by atoms with Gasteiger partial charge in [-0.1, -0.05) is 30.4 Å². The number of esters is 3. The third-order valence-corrected chi connectivity index (χ3v) is 6.02. The number of carbonyl (C=O) groups excluding carboxylic acids is 3. The Labute approximate surface area is 196 Å². The summed E-state index contributed by atoms with van der Waals surface area (Å²) in [6.45, 7) is 16.1. The topological polar surface area (TPSA) is 88.1 Å². The summed E-state index contributed by atoms with van der Waals surface area (Å²) < 4.78 is 22.5. The SMILES string of the molecule is C=C1CC/C=C(\C)CC[C@@H]2C([C@@H](C[C@H](OC(C)=O)C(=C)C)OC(C)=O)=CO[C@H](OC(C)=O)[C@@H]12. The van der Waals surface area contributed by atoms with Crippen molar-refractivity contribution in [3.05, 3.63) is 47.8 Å². The van der Waals surface area contributed by atoms with Crippen molar-refractivity contribution in [2.45, 2.75) is 85.2 Å². The lowest BCUT2D eigenvalue weighted by Crippen LogP contribution is -2.42. The van der Waals surface area contributed by atoms with Gasteiger partial charge in [-0.3, -0.25) is 14.4 Å². The zero-order chi connectivity index (χ0) is 24.7. The van der Waals surface area contributed by atoms with Crippen LogP contribution >= 0.6 is 0 Å². The Morgan fingerprint density at radius 1 is 1.09 bits per heavy atom. The highest BCUT2D eigenvalue weighted by molar-refractivity contribution is 5.67. The molecule has 0 bridgehead atoms. The maximum atomic E-state index is 12.0. The molecule has 7 heteroatoms. The van der Waals surface area contributed by atoms with Gasteiger partial charge in [0.1, 0.15) is 12.2 Å². The lowest BCUT2D eigenvalue weighted by Gasteiger charge is -2.41. The van der Waals surface area contributed by atoms with Crippen molar-refractivity contribution in [2.24, 2.45) is 11.8 Å². The fraction of sp³-hybridized carbons (Fsp3) is 0.577. The Balaban J connectivity index is 2.49. The molecule has 0 saturated carbocycles. The normalized spacial score (nSPS) is 26.3. The fourth-order valence-electron chi connectivity index (χ4n) is 4.47. The van der Waals surface area contributed by atoms with Crippen molar-refractivity contribution < 1.29 is 33.3 Å². The number of hydrogen-bond acceptors (Lipinski definition) is 7. The van der Waals surface area contributed by atoms with Gasteiger partial charge in [-0.15, -0.1) is 0 Å². The summed E-state index contributed by atoms with van der Waals surface area (Å²) in [4.78, 5) is 35.4. The summed E-state index contributed by atoms with van der Waals surface area (Å²) in [5.74, 6) is -1.76. The van der Waals surface area contributed by atoms with Crippen LogP contribution in [0.4, 0.5) is 0 Å². The summed E-state index contributed by atoms with van der Waals surface area (Å²) in [6, 6.07) is 0. The largest absolute Gasteiger partial charge is 0.462 e. The van der Waals surface area contributed by atoms with Gasteiger partial charge in [0, 0.05) is 38.7 Å². The molecule has 33 heavy (non-hydrogen) atoms. The Kier molecular flexibility index (Phi) is 9.50. The Morgan fingerprint density at radius 3 is 2.33 bits per heavy atom. The van der Waals surface area contributed by atoms with E-state index in [0.717, 1.165) is 36.8 Å². The second-order valence-corrected chi connectivity index (χ2v) is 8.93. The molecule has 182 valence electrons. The van der Waals surface area contributed by atoms with E-state index < -0.39 is 36.4 Å². The van der Waals surface area contributed by atoms with Crippen LogP contribution in [0.3, 0.4) is 0 Å². The predicted octanol–water partition coefficient (Wildman–Crippen LogP) is 4.93. The predicted molar refractivity (Wildman–Crippen MR) is 124 cm³/mol. The summed E-state index contributed by atoms with van der Waals surface area (Å²) in [5.41, 5.74) is 3.59. The van der Waals surface area contributed by atoms with Crippen LogP contribution in [-0.2, 0) is 33.3 Å². The summed E-state index contributed by atoms with van der Waals surface area (Å²) >= 11 is 0. The van der Waals surface area contributed by atoms with Gasteiger partial charge in [0.05, 0.1) is 12.2 Å². The van der Waals surface area contributed by atoms with Crippen LogP contribution in [0.25, 0.3) is 0 Å². The number of rotatable bonds is 7. The van der Waals surface area contributed by atoms with Crippen molar-refractivity contribution in [1.29, 1.82) is 0 Å². The van der Waals surface area contributed by atoms with Crippen LogP contribution in [0.2, 0.25) is 0 Å². The second kappa shape index (κ2) is 11.9. The molecule has 0 amide bonds. The number of hydrogen-bond donors (Lipinski definition) is 0. The van der Waals surface area contributed by atoms with E-state index in [2.05, 4.69) is 26.2 Å². The zero-order valence-corrected chi connectivity index (χ0v) is 20.3. The third-order valence-electron chi connectivity index (χ3n) is 6.02. The van der Waals surface area contributed by atoms with Crippen LogP contribution in [0.1, 0.15) is 66.7 Å². The smallest absolute Gasteiger partial charge is 0.305 e. The van der Waals surface area contributed by atoms with E-state index in [1.165, 1.54) is 32.6 Å². The highest BCUT2D eigenvalue weighted by atomic mass is 16.7. The van der Waals surface area contributed by atoms with Crippen molar-refractivity contribution in [2.75, 3.05) is 0 Å². The molecule has 0 radical (unpaired) electrons. The molecule has 1 aliphatic heterocycles. The van der Waals surface area contributed by atoms with Crippen LogP contribution in [-0.4, -0.2) is 36.4 Å². The molecule has 0 fully saturated rings. The number of fused-ring (bicyclic) bond motifs is 1. The van der Waals surface area contributed by atoms with Gasteiger partial charge in [0.25, 0.3) is 0 Å². The molecule has 1 aliphatic carbocycles. The molecule has 0 saturated heterocycles. The fourth-order valence-corrected chi connectivity index (χ4v) is 4.47. The third kappa shape index (κ3) is 7.62. The first-order valence-electron chi connectivity index (χ1n) is 11.3. The molecule has 2 aliphatic rings. The van der Waals surface area contributed by atoms with Gasteiger partial charge in [-0.2, -0.15) is 0 Å². The standard InChI is InChI=1S/C26H36O7/c1-15(2)23(31-18(5)27)13-24(32-19(6)28)22-14-30-26(33-20(7)29)25-17(4)10-8-9-16(3)11-12-21(22)25/h9,14,21,23-26H,1,4,8,10-13H2,2-3,5-7H3/b16-9+/t21-,23+,24-,25+,26-/m1/s1. The van der Waals surface area contributed by atoms with Crippen molar-refractivity contribution >= 4 is 17.9 Å². The first-order chi connectivity index (χ1) is 15.5. The minimum Gasteiger partial charge on any atom is -0.462 e. The lowest BCUT2D eigenvalue weighted by atomic mass is 9.74. The van der Waals surface area contributed by atoms with Crippen molar-refractivity contribution in [3.63, 3.8) is 0 Å². The van der Waals surface area contributed by atoms with Gasteiger partial charge in [0.15, 0.2) is 0 Å². The highest BCUT2D eigenvalue weighted by Crippen LogP contribution is 2.44. The molecule has 0 aromatic carbocycles. The molecule has 5 atom stereocenters. The molecule has 0 aromatic rings. The summed E-state index contributed by atoms with van der Waals surface area (Å²) in [7, 11) is 0. The van der Waals surface area contributed by atoms with Crippen molar-refractivity contribution in [1.82, 2.24) is 0 Å². The van der Waals surface area contributed by atoms with Crippen LogP contribution in [0.15, 0.2) is 47.8 Å².